The molecule has 1 heterocycles. The lowest BCUT2D eigenvalue weighted by molar-refractivity contribution is 0.0658. The third-order valence-corrected chi connectivity index (χ3v) is 3.26. The van der Waals surface area contributed by atoms with E-state index in [-0.39, 0.29) is 0 Å². The maximum absolute atomic E-state index is 5.75. The van der Waals surface area contributed by atoms with E-state index in [9.17, 15) is 0 Å². The maximum Gasteiger partial charge on any atom is 0.159 e. The minimum atomic E-state index is 0.323. The highest BCUT2D eigenvalue weighted by molar-refractivity contribution is 7.80. The summed E-state index contributed by atoms with van der Waals surface area (Å²) in [5.41, 5.74) is 6.33. The summed E-state index contributed by atoms with van der Waals surface area (Å²) in [6, 6.07) is 1.76. The number of thiocarbonyl (C=S) groups is 1. The standard InChI is InChI=1S/C12H18N4OS/c13-11(18)10-5-6-15-16-12(10)14-7-8-17-9-3-1-2-4-9/h5-6,9H,1-4,7-8H2,(H2,13,18)(H,14,16). The molecule has 18 heavy (non-hydrogen) atoms. The second-order valence-electron chi connectivity index (χ2n) is 4.36. The first-order valence-electron chi connectivity index (χ1n) is 6.24. The quantitative estimate of drug-likeness (QED) is 0.600. The van der Waals surface area contributed by atoms with Gasteiger partial charge in [0.1, 0.15) is 4.99 Å². The topological polar surface area (TPSA) is 73.1 Å². The molecule has 0 spiro atoms. The summed E-state index contributed by atoms with van der Waals surface area (Å²) in [6.07, 6.45) is 6.95. The highest BCUT2D eigenvalue weighted by atomic mass is 32.1. The van der Waals surface area contributed by atoms with Crippen molar-refractivity contribution in [2.75, 3.05) is 18.5 Å². The lowest BCUT2D eigenvalue weighted by Crippen LogP contribution is -2.19. The van der Waals surface area contributed by atoms with Gasteiger partial charge in [-0.05, 0) is 18.9 Å². The Balaban J connectivity index is 1.77. The third-order valence-electron chi connectivity index (χ3n) is 3.04. The predicted octanol–water partition coefficient (Wildman–Crippen LogP) is 1.48. The van der Waals surface area contributed by atoms with Crippen LogP contribution in [0.15, 0.2) is 12.3 Å². The van der Waals surface area contributed by atoms with E-state index in [0.29, 0.717) is 30.1 Å². The summed E-state index contributed by atoms with van der Waals surface area (Å²) in [5.74, 6) is 0.625. The Hall–Kier alpha value is -1.27. The molecule has 1 aliphatic rings. The molecule has 3 N–H and O–H groups in total. The van der Waals surface area contributed by atoms with Crippen molar-refractivity contribution in [2.45, 2.75) is 31.8 Å². The smallest absolute Gasteiger partial charge is 0.159 e. The molecule has 0 amide bonds. The Morgan fingerprint density at radius 2 is 2.28 bits per heavy atom. The molecule has 0 radical (unpaired) electrons. The van der Waals surface area contributed by atoms with Crippen molar-refractivity contribution in [2.24, 2.45) is 5.73 Å². The van der Waals surface area contributed by atoms with Gasteiger partial charge in [0.2, 0.25) is 0 Å². The first-order chi connectivity index (χ1) is 8.77. The van der Waals surface area contributed by atoms with Crippen LogP contribution in [0.4, 0.5) is 5.82 Å². The van der Waals surface area contributed by atoms with Gasteiger partial charge in [-0.3, -0.25) is 0 Å². The molecule has 0 aliphatic heterocycles. The van der Waals surface area contributed by atoms with Gasteiger partial charge in [-0.2, -0.15) is 5.10 Å². The van der Waals surface area contributed by atoms with Crippen LogP contribution in [-0.2, 0) is 4.74 Å². The molecule has 1 aliphatic carbocycles. The Kier molecular flexibility index (Phi) is 4.83. The molecule has 1 saturated carbocycles. The van der Waals surface area contributed by atoms with E-state index in [1.54, 1.807) is 12.3 Å². The van der Waals surface area contributed by atoms with Gasteiger partial charge in [0, 0.05) is 6.54 Å². The van der Waals surface area contributed by atoms with Crippen LogP contribution in [0.25, 0.3) is 0 Å². The summed E-state index contributed by atoms with van der Waals surface area (Å²) < 4.78 is 5.75. The molecular formula is C12H18N4OS. The van der Waals surface area contributed by atoms with Gasteiger partial charge < -0.3 is 15.8 Å². The summed E-state index contributed by atoms with van der Waals surface area (Å²) in [6.45, 7) is 1.35. The highest BCUT2D eigenvalue weighted by Gasteiger charge is 2.14. The molecule has 1 aromatic rings. The van der Waals surface area contributed by atoms with Crippen LogP contribution in [0.2, 0.25) is 0 Å². The van der Waals surface area contributed by atoms with Gasteiger partial charge in [-0.1, -0.05) is 25.1 Å². The van der Waals surface area contributed by atoms with Crippen molar-refractivity contribution >= 4 is 23.0 Å². The Labute approximate surface area is 112 Å². The van der Waals surface area contributed by atoms with E-state index in [1.807, 2.05) is 0 Å². The van der Waals surface area contributed by atoms with E-state index >= 15 is 0 Å². The lowest BCUT2D eigenvalue weighted by Gasteiger charge is -2.12. The van der Waals surface area contributed by atoms with E-state index in [2.05, 4.69) is 15.5 Å². The van der Waals surface area contributed by atoms with Crippen LogP contribution in [0.3, 0.4) is 0 Å². The Morgan fingerprint density at radius 1 is 1.50 bits per heavy atom. The van der Waals surface area contributed by atoms with Gasteiger partial charge in [0.15, 0.2) is 5.82 Å². The Bertz CT molecular complexity index is 407. The normalized spacial score (nSPS) is 15.8. The number of ether oxygens (including phenoxy) is 1. The molecule has 5 nitrogen and oxygen atoms in total. The molecule has 0 aromatic carbocycles. The Morgan fingerprint density at radius 3 is 3.00 bits per heavy atom. The first kappa shape index (κ1) is 13.2. The second-order valence-corrected chi connectivity index (χ2v) is 4.80. The number of rotatable bonds is 6. The third kappa shape index (κ3) is 3.61. The number of nitrogens with one attached hydrogen (secondary N) is 1. The molecule has 0 atom stereocenters. The van der Waals surface area contributed by atoms with Crippen molar-refractivity contribution in [1.82, 2.24) is 10.2 Å². The van der Waals surface area contributed by atoms with Crippen LogP contribution in [0.1, 0.15) is 31.2 Å². The number of hydrogen-bond donors (Lipinski definition) is 2. The summed E-state index contributed by atoms with van der Waals surface area (Å²) >= 11 is 4.95. The minimum Gasteiger partial charge on any atom is -0.389 e. The SMILES string of the molecule is NC(=S)c1ccnnc1NCCOC1CCCC1. The highest BCUT2D eigenvalue weighted by Crippen LogP contribution is 2.20. The summed E-state index contributed by atoms with van der Waals surface area (Å²) in [7, 11) is 0. The zero-order chi connectivity index (χ0) is 12.8. The van der Waals surface area contributed by atoms with Crippen molar-refractivity contribution in [3.05, 3.63) is 17.8 Å². The fourth-order valence-corrected chi connectivity index (χ4v) is 2.28. The number of nitrogens with two attached hydrogens (primary N) is 1. The molecule has 0 bridgehead atoms. The number of hydrogen-bond acceptors (Lipinski definition) is 5. The summed E-state index contributed by atoms with van der Waals surface area (Å²) in [5, 5.41) is 11.0. The maximum atomic E-state index is 5.75. The van der Waals surface area contributed by atoms with Gasteiger partial charge in [0.05, 0.1) is 24.5 Å². The van der Waals surface area contributed by atoms with Crippen molar-refractivity contribution in [1.29, 1.82) is 0 Å². The van der Waals surface area contributed by atoms with Crippen LogP contribution in [0.5, 0.6) is 0 Å². The predicted molar refractivity (Wildman–Crippen MR) is 74.6 cm³/mol. The van der Waals surface area contributed by atoms with Crippen LogP contribution in [-0.4, -0.2) is 34.4 Å². The van der Waals surface area contributed by atoms with E-state index in [1.165, 1.54) is 25.7 Å². The fraction of sp³-hybridized carbons (Fsp3) is 0.583. The zero-order valence-electron chi connectivity index (χ0n) is 10.3. The fourth-order valence-electron chi connectivity index (χ4n) is 2.11. The monoisotopic (exact) mass is 266 g/mol. The minimum absolute atomic E-state index is 0.323. The molecule has 98 valence electrons. The second kappa shape index (κ2) is 6.61. The number of nitrogens with zero attached hydrogens (tertiary/aromatic N) is 2. The molecule has 1 fully saturated rings. The molecule has 2 rings (SSSR count). The zero-order valence-corrected chi connectivity index (χ0v) is 11.1. The van der Waals surface area contributed by atoms with Crippen LogP contribution < -0.4 is 11.1 Å². The molecular weight excluding hydrogens is 248 g/mol. The van der Waals surface area contributed by atoms with Gasteiger partial charge >= 0.3 is 0 Å². The lowest BCUT2D eigenvalue weighted by atomic mass is 10.3. The summed E-state index contributed by atoms with van der Waals surface area (Å²) in [4.78, 5) is 0.323. The number of aromatic nitrogens is 2. The van der Waals surface area contributed by atoms with E-state index in [4.69, 9.17) is 22.7 Å². The van der Waals surface area contributed by atoms with E-state index in [0.717, 1.165) is 5.56 Å². The van der Waals surface area contributed by atoms with Crippen molar-refractivity contribution in [3.63, 3.8) is 0 Å². The molecule has 1 aromatic heterocycles. The molecule has 0 unspecified atom stereocenters. The molecule has 6 heteroatoms. The largest absolute Gasteiger partial charge is 0.389 e. The van der Waals surface area contributed by atoms with Crippen LogP contribution >= 0.6 is 12.2 Å². The van der Waals surface area contributed by atoms with E-state index < -0.39 is 0 Å². The first-order valence-corrected chi connectivity index (χ1v) is 6.65. The van der Waals surface area contributed by atoms with Gasteiger partial charge in [0.25, 0.3) is 0 Å². The number of anilines is 1. The van der Waals surface area contributed by atoms with Crippen molar-refractivity contribution < 1.29 is 4.74 Å². The average molecular weight is 266 g/mol. The molecule has 0 saturated heterocycles. The van der Waals surface area contributed by atoms with Crippen molar-refractivity contribution in [3.8, 4) is 0 Å². The average Bonchev–Trinajstić information content (AvgIpc) is 2.88. The van der Waals surface area contributed by atoms with Gasteiger partial charge in [-0.25, -0.2) is 0 Å². The van der Waals surface area contributed by atoms with Crippen LogP contribution in [0, 0.1) is 0 Å². The van der Waals surface area contributed by atoms with Gasteiger partial charge in [-0.15, -0.1) is 5.10 Å².